The molecule has 6 nitrogen and oxygen atoms in total. The summed E-state index contributed by atoms with van der Waals surface area (Å²) >= 11 is 0. The van der Waals surface area contributed by atoms with Crippen LogP contribution in [0.15, 0.2) is 12.4 Å². The number of nitrogens with zero attached hydrogens (tertiary/aromatic N) is 3. The number of piperidine rings is 1. The third-order valence-electron chi connectivity index (χ3n) is 3.24. The number of primary amides is 1. The minimum Gasteiger partial charge on any atom is -0.372 e. The first-order valence-corrected chi connectivity index (χ1v) is 6.20. The van der Waals surface area contributed by atoms with E-state index in [2.05, 4.69) is 20.2 Å². The third-order valence-corrected chi connectivity index (χ3v) is 3.24. The second-order valence-electron chi connectivity index (χ2n) is 4.58. The van der Waals surface area contributed by atoms with Crippen molar-refractivity contribution in [1.29, 1.82) is 0 Å². The summed E-state index contributed by atoms with van der Waals surface area (Å²) in [5, 5.41) is 3.06. The molecule has 1 saturated heterocycles. The summed E-state index contributed by atoms with van der Waals surface area (Å²) in [6.07, 6.45) is 5.52. The molecular formula is C12H19N5O. The van der Waals surface area contributed by atoms with Crippen molar-refractivity contribution in [3.05, 3.63) is 18.1 Å². The van der Waals surface area contributed by atoms with Crippen LogP contribution in [0.2, 0.25) is 0 Å². The molecule has 0 radical (unpaired) electrons. The van der Waals surface area contributed by atoms with E-state index in [1.807, 2.05) is 7.05 Å². The summed E-state index contributed by atoms with van der Waals surface area (Å²) in [7, 11) is 1.84. The van der Waals surface area contributed by atoms with Crippen LogP contribution in [0.1, 0.15) is 24.5 Å². The largest absolute Gasteiger partial charge is 0.372 e. The number of nitrogens with two attached hydrogens (primary N) is 1. The Kier molecular flexibility index (Phi) is 4.09. The predicted molar refractivity (Wildman–Crippen MR) is 69.2 cm³/mol. The van der Waals surface area contributed by atoms with E-state index in [9.17, 15) is 4.79 Å². The molecule has 1 aromatic rings. The lowest BCUT2D eigenvalue weighted by Gasteiger charge is -2.31. The van der Waals surface area contributed by atoms with Crippen molar-refractivity contribution in [2.45, 2.75) is 18.8 Å². The minimum atomic E-state index is -0.274. The molecule has 6 heteroatoms. The number of hydrogen-bond donors (Lipinski definition) is 2. The molecule has 98 valence electrons. The van der Waals surface area contributed by atoms with Crippen LogP contribution in [-0.4, -0.2) is 47.5 Å². The average molecular weight is 249 g/mol. The molecule has 2 rings (SSSR count). The quantitative estimate of drug-likeness (QED) is 0.795. The van der Waals surface area contributed by atoms with Gasteiger partial charge in [0.25, 0.3) is 0 Å². The Morgan fingerprint density at radius 1 is 1.56 bits per heavy atom. The number of likely N-dealkylation sites (tertiary alicyclic amines) is 1. The number of aromatic nitrogens is 2. The maximum Gasteiger partial charge on any atom is 0.231 e. The van der Waals surface area contributed by atoms with Crippen molar-refractivity contribution in [3.63, 3.8) is 0 Å². The van der Waals surface area contributed by atoms with Gasteiger partial charge in [0.15, 0.2) is 0 Å². The number of amides is 1. The number of rotatable bonds is 4. The van der Waals surface area contributed by atoms with Crippen LogP contribution in [-0.2, 0) is 4.79 Å². The van der Waals surface area contributed by atoms with Gasteiger partial charge in [0.2, 0.25) is 5.91 Å². The first kappa shape index (κ1) is 12.8. The number of nitrogens with one attached hydrogen (secondary N) is 1. The molecule has 0 spiro atoms. The molecule has 0 aromatic carbocycles. The fourth-order valence-corrected chi connectivity index (χ4v) is 2.48. The Morgan fingerprint density at radius 2 is 2.33 bits per heavy atom. The van der Waals surface area contributed by atoms with Crippen LogP contribution in [0.5, 0.6) is 0 Å². The molecule has 1 fully saturated rings. The van der Waals surface area contributed by atoms with E-state index in [1.54, 1.807) is 12.4 Å². The van der Waals surface area contributed by atoms with Crippen LogP contribution in [0.25, 0.3) is 0 Å². The summed E-state index contributed by atoms with van der Waals surface area (Å²) in [6.45, 7) is 2.07. The van der Waals surface area contributed by atoms with Crippen molar-refractivity contribution in [3.8, 4) is 0 Å². The average Bonchev–Trinajstić information content (AvgIpc) is 2.38. The summed E-state index contributed by atoms with van der Waals surface area (Å²) < 4.78 is 0. The maximum absolute atomic E-state index is 11.0. The van der Waals surface area contributed by atoms with Gasteiger partial charge in [0.05, 0.1) is 12.2 Å². The Bertz CT molecular complexity index is 423. The van der Waals surface area contributed by atoms with E-state index < -0.39 is 0 Å². The van der Waals surface area contributed by atoms with E-state index in [-0.39, 0.29) is 5.91 Å². The van der Waals surface area contributed by atoms with Crippen LogP contribution in [0, 0.1) is 0 Å². The number of anilines is 1. The van der Waals surface area contributed by atoms with Crippen LogP contribution in [0.3, 0.4) is 0 Å². The molecule has 0 bridgehead atoms. The van der Waals surface area contributed by atoms with Gasteiger partial charge in [-0.1, -0.05) is 0 Å². The van der Waals surface area contributed by atoms with E-state index in [0.717, 1.165) is 37.4 Å². The van der Waals surface area contributed by atoms with Crippen molar-refractivity contribution < 1.29 is 4.79 Å². The molecule has 0 saturated carbocycles. The molecule has 1 aromatic heterocycles. The van der Waals surface area contributed by atoms with Crippen molar-refractivity contribution >= 4 is 11.7 Å². The molecule has 1 aliphatic rings. The number of carbonyl (C=O) groups excluding carboxylic acids is 1. The zero-order valence-corrected chi connectivity index (χ0v) is 10.6. The van der Waals surface area contributed by atoms with Crippen LogP contribution < -0.4 is 11.1 Å². The highest BCUT2D eigenvalue weighted by Crippen LogP contribution is 2.28. The molecule has 18 heavy (non-hydrogen) atoms. The molecule has 1 amide bonds. The Balaban J connectivity index is 2.10. The van der Waals surface area contributed by atoms with Crippen LogP contribution in [0.4, 0.5) is 5.82 Å². The standard InChI is InChI=1S/C12H19N5O/c1-14-12-11(15-4-5-16-12)9-3-2-6-17(7-9)8-10(13)18/h4-5,9H,2-3,6-8H2,1H3,(H2,13,18)(H,14,16). The molecular weight excluding hydrogens is 230 g/mol. The first-order chi connectivity index (χ1) is 8.70. The van der Waals surface area contributed by atoms with Gasteiger partial charge in [0.1, 0.15) is 5.82 Å². The van der Waals surface area contributed by atoms with Gasteiger partial charge in [-0.05, 0) is 19.4 Å². The molecule has 3 N–H and O–H groups in total. The van der Waals surface area contributed by atoms with Gasteiger partial charge in [-0.3, -0.25) is 14.7 Å². The highest BCUT2D eigenvalue weighted by atomic mass is 16.1. The molecule has 1 unspecified atom stereocenters. The zero-order chi connectivity index (χ0) is 13.0. The maximum atomic E-state index is 11.0. The lowest BCUT2D eigenvalue weighted by molar-refractivity contribution is -0.119. The molecule has 0 aliphatic carbocycles. The van der Waals surface area contributed by atoms with Crippen molar-refractivity contribution in [2.24, 2.45) is 5.73 Å². The van der Waals surface area contributed by atoms with Gasteiger partial charge >= 0.3 is 0 Å². The van der Waals surface area contributed by atoms with E-state index in [4.69, 9.17) is 5.73 Å². The highest BCUT2D eigenvalue weighted by molar-refractivity contribution is 5.75. The van der Waals surface area contributed by atoms with E-state index in [1.165, 1.54) is 0 Å². The van der Waals surface area contributed by atoms with Gasteiger partial charge in [-0.15, -0.1) is 0 Å². The van der Waals surface area contributed by atoms with Crippen molar-refractivity contribution in [2.75, 3.05) is 32.0 Å². The topological polar surface area (TPSA) is 84.1 Å². The third kappa shape index (κ3) is 2.95. The Labute approximate surface area is 107 Å². The zero-order valence-electron chi connectivity index (χ0n) is 10.6. The minimum absolute atomic E-state index is 0.274. The lowest BCUT2D eigenvalue weighted by atomic mass is 9.94. The first-order valence-electron chi connectivity index (χ1n) is 6.20. The fraction of sp³-hybridized carbons (Fsp3) is 0.583. The smallest absolute Gasteiger partial charge is 0.231 e. The summed E-state index contributed by atoms with van der Waals surface area (Å²) in [4.78, 5) is 21.8. The number of hydrogen-bond acceptors (Lipinski definition) is 5. The second-order valence-corrected chi connectivity index (χ2v) is 4.58. The van der Waals surface area contributed by atoms with Crippen molar-refractivity contribution in [1.82, 2.24) is 14.9 Å². The molecule has 1 atom stereocenters. The monoisotopic (exact) mass is 249 g/mol. The normalized spacial score (nSPS) is 20.6. The fourth-order valence-electron chi connectivity index (χ4n) is 2.48. The number of carbonyl (C=O) groups is 1. The van der Waals surface area contributed by atoms with E-state index in [0.29, 0.717) is 12.5 Å². The van der Waals surface area contributed by atoms with Gasteiger partial charge in [-0.2, -0.15) is 0 Å². The Morgan fingerprint density at radius 3 is 3.06 bits per heavy atom. The lowest BCUT2D eigenvalue weighted by Crippen LogP contribution is -2.40. The summed E-state index contributed by atoms with van der Waals surface area (Å²) in [6, 6.07) is 0. The van der Waals surface area contributed by atoms with E-state index >= 15 is 0 Å². The molecule has 1 aliphatic heterocycles. The second kappa shape index (κ2) is 5.77. The highest BCUT2D eigenvalue weighted by Gasteiger charge is 2.25. The summed E-state index contributed by atoms with van der Waals surface area (Å²) in [5.41, 5.74) is 6.22. The molecule has 2 heterocycles. The predicted octanol–water partition coefficient (Wildman–Crippen LogP) is 0.183. The van der Waals surface area contributed by atoms with Gasteiger partial charge in [-0.25, -0.2) is 4.98 Å². The Hall–Kier alpha value is -1.69. The van der Waals surface area contributed by atoms with Crippen LogP contribution >= 0.6 is 0 Å². The summed E-state index contributed by atoms with van der Waals surface area (Å²) in [5.74, 6) is 0.862. The SMILES string of the molecule is CNc1nccnc1C1CCCN(CC(N)=O)C1. The van der Waals surface area contributed by atoms with Gasteiger partial charge < -0.3 is 11.1 Å². The van der Waals surface area contributed by atoms with Gasteiger partial charge in [0, 0.05) is 31.9 Å².